The summed E-state index contributed by atoms with van der Waals surface area (Å²) in [5.41, 5.74) is 1.44. The topological polar surface area (TPSA) is 62.5 Å². The lowest BCUT2D eigenvalue weighted by atomic mass is 9.84. The van der Waals surface area contributed by atoms with Crippen LogP contribution in [-0.4, -0.2) is 24.0 Å². The van der Waals surface area contributed by atoms with E-state index in [1.54, 1.807) is 6.07 Å². The van der Waals surface area contributed by atoms with Gasteiger partial charge in [0.25, 0.3) is 0 Å². The van der Waals surface area contributed by atoms with E-state index in [1.807, 2.05) is 34.6 Å². The van der Waals surface area contributed by atoms with E-state index in [0.29, 0.717) is 30.0 Å². The zero-order valence-corrected chi connectivity index (χ0v) is 16.7. The minimum atomic E-state index is -0.339. The highest BCUT2D eigenvalue weighted by molar-refractivity contribution is 6.31. The Balaban J connectivity index is 2.07. The van der Waals surface area contributed by atoms with Gasteiger partial charge in [-0.2, -0.15) is 0 Å². The first kappa shape index (κ1) is 20.2. The molecular formula is C19H26ClFN4O. The van der Waals surface area contributed by atoms with Crippen LogP contribution in [0.3, 0.4) is 0 Å². The maximum absolute atomic E-state index is 13.3. The van der Waals surface area contributed by atoms with Gasteiger partial charge < -0.3 is 15.1 Å². The van der Waals surface area contributed by atoms with Gasteiger partial charge in [0.1, 0.15) is 18.1 Å². The Bertz CT molecular complexity index is 766. The zero-order chi connectivity index (χ0) is 19.3. The molecule has 0 atom stereocenters. The first-order valence-electron chi connectivity index (χ1n) is 8.63. The summed E-state index contributed by atoms with van der Waals surface area (Å²) in [6.45, 7) is 11.5. The Morgan fingerprint density at radius 1 is 1.31 bits per heavy atom. The standard InChI is InChI=1S/C19H26ClFN4O/c1-6-22-18(23-10-17-25-12(2)13(3)26-17)24-11-19(4,5)15-8-7-14(21)9-16(15)20/h7-9H,6,10-11H2,1-5H3,(H2,22,23,24). The van der Waals surface area contributed by atoms with Crippen molar-refractivity contribution >= 4 is 17.6 Å². The molecule has 0 aliphatic heterocycles. The van der Waals surface area contributed by atoms with Gasteiger partial charge >= 0.3 is 0 Å². The van der Waals surface area contributed by atoms with Crippen LogP contribution < -0.4 is 10.6 Å². The predicted octanol–water partition coefficient (Wildman–Crippen LogP) is 4.12. The molecule has 5 nitrogen and oxygen atoms in total. The van der Waals surface area contributed by atoms with Gasteiger partial charge in [-0.15, -0.1) is 0 Å². The van der Waals surface area contributed by atoms with Crippen molar-refractivity contribution in [1.29, 1.82) is 0 Å². The fourth-order valence-electron chi connectivity index (χ4n) is 2.53. The maximum Gasteiger partial charge on any atom is 0.216 e. The molecule has 142 valence electrons. The van der Waals surface area contributed by atoms with E-state index in [4.69, 9.17) is 16.0 Å². The van der Waals surface area contributed by atoms with Crippen LogP contribution in [0.1, 0.15) is 43.7 Å². The number of benzene rings is 1. The number of aryl methyl sites for hydroxylation is 2. The van der Waals surface area contributed by atoms with Gasteiger partial charge in [-0.1, -0.05) is 31.5 Å². The summed E-state index contributed by atoms with van der Waals surface area (Å²) in [5.74, 6) is 1.71. The van der Waals surface area contributed by atoms with Gasteiger partial charge in [-0.25, -0.2) is 14.4 Å². The quantitative estimate of drug-likeness (QED) is 0.584. The summed E-state index contributed by atoms with van der Waals surface area (Å²) >= 11 is 6.21. The second kappa shape index (κ2) is 8.54. The number of rotatable bonds is 6. The van der Waals surface area contributed by atoms with Crippen LogP contribution in [-0.2, 0) is 12.0 Å². The van der Waals surface area contributed by atoms with Gasteiger partial charge in [0.2, 0.25) is 5.89 Å². The van der Waals surface area contributed by atoms with E-state index in [0.717, 1.165) is 23.6 Å². The molecule has 2 N–H and O–H groups in total. The molecule has 0 unspecified atom stereocenters. The molecule has 0 fully saturated rings. The van der Waals surface area contributed by atoms with Gasteiger partial charge in [0.05, 0.1) is 5.69 Å². The average molecular weight is 381 g/mol. The molecule has 1 aromatic carbocycles. The minimum Gasteiger partial charge on any atom is -0.444 e. The number of aliphatic imine (C=N–C) groups is 1. The largest absolute Gasteiger partial charge is 0.444 e. The summed E-state index contributed by atoms with van der Waals surface area (Å²) in [7, 11) is 0. The van der Waals surface area contributed by atoms with E-state index in [-0.39, 0.29) is 11.2 Å². The molecule has 0 bridgehead atoms. The molecule has 26 heavy (non-hydrogen) atoms. The van der Waals surface area contributed by atoms with Crippen molar-refractivity contribution in [2.24, 2.45) is 4.99 Å². The summed E-state index contributed by atoms with van der Waals surface area (Å²) in [6.07, 6.45) is 0. The SMILES string of the molecule is CCNC(=NCc1nc(C)c(C)o1)NCC(C)(C)c1ccc(F)cc1Cl. The fourth-order valence-corrected chi connectivity index (χ4v) is 2.96. The molecule has 0 saturated carbocycles. The van der Waals surface area contributed by atoms with Crippen LogP contribution in [0, 0.1) is 19.7 Å². The number of nitrogens with zero attached hydrogens (tertiary/aromatic N) is 2. The molecule has 0 aliphatic carbocycles. The molecule has 2 rings (SSSR count). The summed E-state index contributed by atoms with van der Waals surface area (Å²) < 4.78 is 18.9. The third-order valence-corrected chi connectivity index (χ3v) is 4.46. The molecule has 1 aromatic heterocycles. The van der Waals surface area contributed by atoms with Crippen LogP contribution in [0.5, 0.6) is 0 Å². The van der Waals surface area contributed by atoms with E-state index < -0.39 is 0 Å². The number of aromatic nitrogens is 1. The molecule has 0 amide bonds. The third-order valence-electron chi connectivity index (χ3n) is 4.15. The van der Waals surface area contributed by atoms with Crippen LogP contribution in [0.25, 0.3) is 0 Å². The lowest BCUT2D eigenvalue weighted by Crippen LogP contribution is -2.43. The molecule has 0 radical (unpaired) electrons. The fraction of sp³-hybridized carbons (Fsp3) is 0.474. The summed E-state index contributed by atoms with van der Waals surface area (Å²) in [5, 5.41) is 6.93. The normalized spacial score (nSPS) is 12.3. The van der Waals surface area contributed by atoms with Gasteiger partial charge in [-0.3, -0.25) is 0 Å². The van der Waals surface area contributed by atoms with Gasteiger partial charge in [0, 0.05) is 23.5 Å². The maximum atomic E-state index is 13.3. The number of hydrogen-bond donors (Lipinski definition) is 2. The van der Waals surface area contributed by atoms with E-state index in [9.17, 15) is 4.39 Å². The van der Waals surface area contributed by atoms with Gasteiger partial charge in [-0.05, 0) is 38.5 Å². The Kier molecular flexibility index (Phi) is 6.64. The minimum absolute atomic E-state index is 0.308. The van der Waals surface area contributed by atoms with Crippen LogP contribution >= 0.6 is 11.6 Å². The second-order valence-electron chi connectivity index (χ2n) is 6.81. The molecule has 0 saturated heterocycles. The highest BCUT2D eigenvalue weighted by atomic mass is 35.5. The highest BCUT2D eigenvalue weighted by Crippen LogP contribution is 2.29. The lowest BCUT2D eigenvalue weighted by Gasteiger charge is -2.27. The Labute approximate surface area is 159 Å². The molecular weight excluding hydrogens is 355 g/mol. The number of nitrogens with one attached hydrogen (secondary N) is 2. The van der Waals surface area contributed by atoms with Crippen molar-refractivity contribution in [3.05, 3.63) is 51.9 Å². The molecule has 0 aliphatic rings. The molecule has 1 heterocycles. The molecule has 0 spiro atoms. The van der Waals surface area contributed by atoms with E-state index in [1.165, 1.54) is 12.1 Å². The summed E-state index contributed by atoms with van der Waals surface area (Å²) in [6, 6.07) is 4.49. The smallest absolute Gasteiger partial charge is 0.216 e. The van der Waals surface area contributed by atoms with Crippen molar-refractivity contribution < 1.29 is 8.81 Å². The lowest BCUT2D eigenvalue weighted by molar-refractivity contribution is 0.471. The van der Waals surface area contributed by atoms with Crippen LogP contribution in [0.4, 0.5) is 4.39 Å². The first-order chi connectivity index (χ1) is 12.2. The Morgan fingerprint density at radius 3 is 2.62 bits per heavy atom. The van der Waals surface area contributed by atoms with Gasteiger partial charge in [0.15, 0.2) is 5.96 Å². The monoisotopic (exact) mass is 380 g/mol. The van der Waals surface area contributed by atoms with Crippen LogP contribution in [0.15, 0.2) is 27.6 Å². The molecule has 7 heteroatoms. The van der Waals surface area contributed by atoms with Crippen molar-refractivity contribution in [3.63, 3.8) is 0 Å². The summed E-state index contributed by atoms with van der Waals surface area (Å²) in [4.78, 5) is 8.85. The first-order valence-corrected chi connectivity index (χ1v) is 9.01. The van der Waals surface area contributed by atoms with Crippen molar-refractivity contribution in [1.82, 2.24) is 15.6 Å². The number of oxazole rings is 1. The number of guanidine groups is 1. The number of hydrogen-bond acceptors (Lipinski definition) is 3. The van der Waals surface area contributed by atoms with E-state index >= 15 is 0 Å². The Morgan fingerprint density at radius 2 is 2.04 bits per heavy atom. The van der Waals surface area contributed by atoms with E-state index in [2.05, 4.69) is 20.6 Å². The van der Waals surface area contributed by atoms with Crippen molar-refractivity contribution in [2.75, 3.05) is 13.1 Å². The average Bonchev–Trinajstić information content (AvgIpc) is 2.88. The van der Waals surface area contributed by atoms with Crippen molar-refractivity contribution in [2.45, 2.75) is 46.6 Å². The predicted molar refractivity (Wildman–Crippen MR) is 103 cm³/mol. The second-order valence-corrected chi connectivity index (χ2v) is 7.21. The highest BCUT2D eigenvalue weighted by Gasteiger charge is 2.24. The Hall–Kier alpha value is -2.08. The van der Waals surface area contributed by atoms with Crippen molar-refractivity contribution in [3.8, 4) is 0 Å². The number of halogens is 2. The zero-order valence-electron chi connectivity index (χ0n) is 15.9. The molecule has 2 aromatic rings. The van der Waals surface area contributed by atoms with Crippen LogP contribution in [0.2, 0.25) is 5.02 Å². The third kappa shape index (κ3) is 5.21.